The number of halogens is 1. The molecule has 1 aromatic carbocycles. The van der Waals surface area contributed by atoms with Gasteiger partial charge in [0.25, 0.3) is 5.88 Å². The number of benzene rings is 1. The van der Waals surface area contributed by atoms with Gasteiger partial charge in [0, 0.05) is 33.6 Å². The normalized spacial score (nSPS) is 10.7. The average Bonchev–Trinajstić information content (AvgIpc) is 2.60. The summed E-state index contributed by atoms with van der Waals surface area (Å²) < 4.78 is 17.2. The Hall–Kier alpha value is -2.34. The fourth-order valence-electron chi connectivity index (χ4n) is 2.65. The van der Waals surface area contributed by atoms with Crippen LogP contribution >= 0.6 is 15.9 Å². The first-order valence-electron chi connectivity index (χ1n) is 7.35. The minimum absolute atomic E-state index is 0.463. The van der Waals surface area contributed by atoms with Gasteiger partial charge >= 0.3 is 0 Å². The molecule has 6 heteroatoms. The summed E-state index contributed by atoms with van der Waals surface area (Å²) in [7, 11) is 4.81. The first-order valence-corrected chi connectivity index (χ1v) is 8.14. The molecule has 0 spiro atoms. The number of pyridine rings is 2. The number of fused-ring (bicyclic) bond motifs is 1. The number of ether oxygens (including phenoxy) is 3. The second kappa shape index (κ2) is 7.05. The van der Waals surface area contributed by atoms with Crippen molar-refractivity contribution in [1.82, 2.24) is 9.97 Å². The van der Waals surface area contributed by atoms with Crippen molar-refractivity contribution in [2.75, 3.05) is 21.3 Å². The van der Waals surface area contributed by atoms with Crippen molar-refractivity contribution in [2.24, 2.45) is 0 Å². The van der Waals surface area contributed by atoms with Crippen LogP contribution in [0.15, 0.2) is 41.0 Å². The van der Waals surface area contributed by atoms with Crippen LogP contribution < -0.4 is 14.2 Å². The van der Waals surface area contributed by atoms with Crippen LogP contribution in [0.25, 0.3) is 10.9 Å². The van der Waals surface area contributed by atoms with E-state index in [-0.39, 0.29) is 0 Å². The van der Waals surface area contributed by atoms with E-state index >= 15 is 0 Å². The second-order valence-electron chi connectivity index (χ2n) is 5.18. The molecule has 3 aromatic rings. The van der Waals surface area contributed by atoms with Gasteiger partial charge in [0.2, 0.25) is 5.88 Å². The van der Waals surface area contributed by atoms with Crippen molar-refractivity contribution < 1.29 is 14.2 Å². The Balaban J connectivity index is 2.09. The topological polar surface area (TPSA) is 53.5 Å². The Morgan fingerprint density at radius 2 is 1.71 bits per heavy atom. The Morgan fingerprint density at radius 1 is 0.917 bits per heavy atom. The van der Waals surface area contributed by atoms with Crippen LogP contribution in [0.3, 0.4) is 0 Å². The quantitative estimate of drug-likeness (QED) is 0.660. The molecule has 0 fully saturated rings. The van der Waals surface area contributed by atoms with E-state index in [1.807, 2.05) is 24.3 Å². The maximum absolute atomic E-state index is 5.48. The van der Waals surface area contributed by atoms with Gasteiger partial charge in [0.1, 0.15) is 0 Å². The molecule has 0 aliphatic carbocycles. The zero-order valence-corrected chi connectivity index (χ0v) is 15.3. The van der Waals surface area contributed by atoms with E-state index in [2.05, 4.69) is 32.0 Å². The van der Waals surface area contributed by atoms with E-state index in [4.69, 9.17) is 14.2 Å². The fraction of sp³-hybridized carbons (Fsp3) is 0.222. The minimum atomic E-state index is 0.463. The number of hydrogen-bond donors (Lipinski definition) is 0. The molecule has 3 rings (SSSR count). The van der Waals surface area contributed by atoms with E-state index in [9.17, 15) is 0 Å². The van der Waals surface area contributed by atoms with Crippen molar-refractivity contribution in [3.05, 3.63) is 52.1 Å². The summed E-state index contributed by atoms with van der Waals surface area (Å²) in [5.74, 6) is 1.68. The molecular weight excluding hydrogens is 372 g/mol. The monoisotopic (exact) mass is 388 g/mol. The van der Waals surface area contributed by atoms with Gasteiger partial charge in [-0.1, -0.05) is 15.9 Å². The summed E-state index contributed by atoms with van der Waals surface area (Å²) in [5.41, 5.74) is 2.81. The molecule has 0 aliphatic heterocycles. The summed E-state index contributed by atoms with van der Waals surface area (Å²) in [4.78, 5) is 8.77. The maximum atomic E-state index is 5.48. The van der Waals surface area contributed by atoms with Gasteiger partial charge in [-0.2, -0.15) is 0 Å². The third kappa shape index (κ3) is 3.14. The molecule has 0 saturated heterocycles. The number of aromatic nitrogens is 2. The smallest absolute Gasteiger partial charge is 0.256 e. The van der Waals surface area contributed by atoms with Crippen LogP contribution in [-0.2, 0) is 6.42 Å². The molecule has 2 heterocycles. The Kier molecular flexibility index (Phi) is 4.85. The van der Waals surface area contributed by atoms with E-state index < -0.39 is 0 Å². The predicted octanol–water partition coefficient (Wildman–Crippen LogP) is 4.01. The average molecular weight is 389 g/mol. The van der Waals surface area contributed by atoms with Crippen LogP contribution in [0, 0.1) is 0 Å². The molecule has 0 radical (unpaired) electrons. The lowest BCUT2D eigenvalue weighted by Gasteiger charge is -2.13. The lowest BCUT2D eigenvalue weighted by molar-refractivity contribution is 0.340. The fourth-order valence-corrected chi connectivity index (χ4v) is 3.03. The van der Waals surface area contributed by atoms with Crippen molar-refractivity contribution >= 4 is 26.8 Å². The van der Waals surface area contributed by atoms with E-state index in [1.165, 1.54) is 0 Å². The summed E-state index contributed by atoms with van der Waals surface area (Å²) in [6.07, 6.45) is 2.30. The van der Waals surface area contributed by atoms with Gasteiger partial charge in [-0.15, -0.1) is 0 Å². The van der Waals surface area contributed by atoms with Crippen LogP contribution in [-0.4, -0.2) is 31.3 Å². The SMILES string of the molecule is COc1nc2ccc(Br)cc2cc1Cc1ccnc(OC)c1OC. The van der Waals surface area contributed by atoms with Gasteiger partial charge in [-0.25, -0.2) is 9.97 Å². The summed E-state index contributed by atoms with van der Waals surface area (Å²) in [6.45, 7) is 0. The molecular formula is C18H17BrN2O3. The van der Waals surface area contributed by atoms with Gasteiger partial charge in [0.05, 0.1) is 26.8 Å². The standard InChI is InChI=1S/C18H17BrN2O3/c1-22-16-11(6-7-20-18(16)24-3)8-13-9-12-10-14(19)4-5-15(12)21-17(13)23-2/h4-7,9-10H,8H2,1-3H3. The molecule has 0 bridgehead atoms. The number of methoxy groups -OCH3 is 3. The number of rotatable bonds is 5. The molecule has 0 unspecified atom stereocenters. The Bertz CT molecular complexity index is 884. The maximum Gasteiger partial charge on any atom is 0.256 e. The Labute approximate surface area is 148 Å². The lowest BCUT2D eigenvalue weighted by Crippen LogP contribution is -2.01. The van der Waals surface area contributed by atoms with Gasteiger partial charge < -0.3 is 14.2 Å². The lowest BCUT2D eigenvalue weighted by atomic mass is 10.0. The van der Waals surface area contributed by atoms with Crippen molar-refractivity contribution in [3.8, 4) is 17.5 Å². The third-order valence-electron chi connectivity index (χ3n) is 3.74. The number of nitrogens with zero attached hydrogens (tertiary/aromatic N) is 2. The van der Waals surface area contributed by atoms with Gasteiger partial charge in [-0.05, 0) is 30.3 Å². The third-order valence-corrected chi connectivity index (χ3v) is 4.23. The summed E-state index contributed by atoms with van der Waals surface area (Å²) in [5, 5.41) is 1.04. The highest BCUT2D eigenvalue weighted by atomic mass is 79.9. The van der Waals surface area contributed by atoms with Gasteiger partial charge in [0.15, 0.2) is 5.75 Å². The number of hydrogen-bond acceptors (Lipinski definition) is 5. The minimum Gasteiger partial charge on any atom is -0.491 e. The first kappa shape index (κ1) is 16.5. The zero-order valence-electron chi connectivity index (χ0n) is 13.7. The molecule has 0 saturated carbocycles. The van der Waals surface area contributed by atoms with Crippen LogP contribution in [0.2, 0.25) is 0 Å². The zero-order chi connectivity index (χ0) is 17.1. The molecule has 0 N–H and O–H groups in total. The largest absolute Gasteiger partial charge is 0.491 e. The van der Waals surface area contributed by atoms with E-state index in [1.54, 1.807) is 27.5 Å². The van der Waals surface area contributed by atoms with Crippen molar-refractivity contribution in [1.29, 1.82) is 0 Å². The molecule has 5 nitrogen and oxygen atoms in total. The van der Waals surface area contributed by atoms with Crippen LogP contribution in [0.1, 0.15) is 11.1 Å². The highest BCUT2D eigenvalue weighted by Crippen LogP contribution is 2.33. The molecule has 24 heavy (non-hydrogen) atoms. The Morgan fingerprint density at radius 3 is 2.42 bits per heavy atom. The molecule has 0 atom stereocenters. The van der Waals surface area contributed by atoms with Gasteiger partial charge in [-0.3, -0.25) is 0 Å². The molecule has 2 aromatic heterocycles. The predicted molar refractivity (Wildman–Crippen MR) is 96.1 cm³/mol. The first-order chi connectivity index (χ1) is 11.7. The summed E-state index contributed by atoms with van der Waals surface area (Å²) in [6, 6.07) is 9.95. The second-order valence-corrected chi connectivity index (χ2v) is 6.10. The van der Waals surface area contributed by atoms with Crippen LogP contribution in [0.4, 0.5) is 0 Å². The molecule has 124 valence electrons. The van der Waals surface area contributed by atoms with Crippen molar-refractivity contribution in [3.63, 3.8) is 0 Å². The van der Waals surface area contributed by atoms with Crippen LogP contribution in [0.5, 0.6) is 17.5 Å². The van der Waals surface area contributed by atoms with E-state index in [0.29, 0.717) is 23.9 Å². The highest BCUT2D eigenvalue weighted by molar-refractivity contribution is 9.10. The molecule has 0 amide bonds. The highest BCUT2D eigenvalue weighted by Gasteiger charge is 2.15. The molecule has 0 aliphatic rings. The van der Waals surface area contributed by atoms with Crippen molar-refractivity contribution in [2.45, 2.75) is 6.42 Å². The van der Waals surface area contributed by atoms with E-state index in [0.717, 1.165) is 26.5 Å². The summed E-state index contributed by atoms with van der Waals surface area (Å²) >= 11 is 3.50.